The zero-order valence-corrected chi connectivity index (χ0v) is 19.0. The number of ketones is 1. The summed E-state index contributed by atoms with van der Waals surface area (Å²) in [5.74, 6) is -0.0251. The summed E-state index contributed by atoms with van der Waals surface area (Å²) < 4.78 is 17.1. The van der Waals surface area contributed by atoms with E-state index in [2.05, 4.69) is 39.1 Å². The number of allylic oxidation sites excluding steroid dienone is 2. The van der Waals surface area contributed by atoms with Crippen molar-refractivity contribution in [3.05, 3.63) is 52.9 Å². The molecule has 0 saturated carbocycles. The van der Waals surface area contributed by atoms with Gasteiger partial charge in [0.05, 0.1) is 30.2 Å². The van der Waals surface area contributed by atoms with Gasteiger partial charge in [-0.15, -0.1) is 0 Å². The molecule has 1 atom stereocenters. The van der Waals surface area contributed by atoms with Crippen LogP contribution in [-0.4, -0.2) is 64.0 Å². The number of hydrogen-bond donors (Lipinski definition) is 1. The second-order valence-electron chi connectivity index (χ2n) is 8.33. The van der Waals surface area contributed by atoms with E-state index in [0.29, 0.717) is 17.3 Å². The third-order valence-corrected chi connectivity index (χ3v) is 6.86. The molecule has 0 spiro atoms. The van der Waals surface area contributed by atoms with Crippen LogP contribution in [0, 0.1) is 0 Å². The lowest BCUT2D eigenvalue weighted by molar-refractivity contribution is 0.0384. The molecule has 2 aliphatic rings. The van der Waals surface area contributed by atoms with E-state index in [1.807, 2.05) is 0 Å². The maximum Gasteiger partial charge on any atom is 0.196 e. The molecule has 1 aliphatic heterocycles. The van der Waals surface area contributed by atoms with Crippen LogP contribution in [-0.2, 0) is 28.4 Å². The minimum atomic E-state index is -1.23. The number of morpholine rings is 1. The molecule has 1 N–H and O–H groups in total. The van der Waals surface area contributed by atoms with E-state index in [9.17, 15) is 9.00 Å². The SMILES string of the molecule is CS(=O)c1ncc(C(=O)Cc2ccc(CCN3CCOCC3)cc2C2=CCCCC2)[nH]1. The highest BCUT2D eigenvalue weighted by Gasteiger charge is 2.18. The highest BCUT2D eigenvalue weighted by Crippen LogP contribution is 2.30. The number of Topliss-reactive ketones (excluding diaryl/α,β-unsaturated/α-hetero) is 1. The molecule has 1 saturated heterocycles. The Morgan fingerprint density at radius 2 is 2.10 bits per heavy atom. The average Bonchev–Trinajstić information content (AvgIpc) is 3.31. The Morgan fingerprint density at radius 1 is 1.26 bits per heavy atom. The summed E-state index contributed by atoms with van der Waals surface area (Å²) in [5.41, 5.74) is 5.37. The number of nitrogens with one attached hydrogen (secondary N) is 1. The van der Waals surface area contributed by atoms with Crippen LogP contribution in [0.4, 0.5) is 0 Å². The molecule has 1 unspecified atom stereocenters. The monoisotopic (exact) mass is 441 g/mol. The molecule has 1 aromatic heterocycles. The number of H-pyrrole nitrogens is 1. The third-order valence-electron chi connectivity index (χ3n) is 6.11. The highest BCUT2D eigenvalue weighted by molar-refractivity contribution is 7.84. The number of aromatic amines is 1. The van der Waals surface area contributed by atoms with Gasteiger partial charge < -0.3 is 9.72 Å². The fourth-order valence-corrected chi connectivity index (χ4v) is 4.74. The smallest absolute Gasteiger partial charge is 0.196 e. The summed E-state index contributed by atoms with van der Waals surface area (Å²) >= 11 is 0. The second-order valence-corrected chi connectivity index (χ2v) is 9.62. The van der Waals surface area contributed by atoms with Gasteiger partial charge in [-0.25, -0.2) is 4.98 Å². The summed E-state index contributed by atoms with van der Waals surface area (Å²) in [5, 5.41) is 0.344. The molecule has 0 bridgehead atoms. The van der Waals surface area contributed by atoms with Crippen LogP contribution < -0.4 is 0 Å². The van der Waals surface area contributed by atoms with Crippen molar-refractivity contribution in [1.29, 1.82) is 0 Å². The molecule has 1 aliphatic carbocycles. The molecule has 2 aromatic rings. The minimum Gasteiger partial charge on any atom is -0.379 e. The van der Waals surface area contributed by atoms with Crippen molar-refractivity contribution in [3.63, 3.8) is 0 Å². The van der Waals surface area contributed by atoms with Crippen molar-refractivity contribution >= 4 is 22.2 Å². The first-order valence-corrected chi connectivity index (χ1v) is 12.7. The predicted octanol–water partition coefficient (Wildman–Crippen LogP) is 3.40. The molecule has 0 amide bonds. The molecule has 166 valence electrons. The van der Waals surface area contributed by atoms with Crippen LogP contribution in [0.2, 0.25) is 0 Å². The van der Waals surface area contributed by atoms with Gasteiger partial charge in [0.25, 0.3) is 0 Å². The fraction of sp³-hybridized carbons (Fsp3) is 0.500. The first-order valence-electron chi connectivity index (χ1n) is 11.1. The van der Waals surface area contributed by atoms with E-state index < -0.39 is 10.8 Å². The summed E-state index contributed by atoms with van der Waals surface area (Å²) in [7, 11) is -1.23. The van der Waals surface area contributed by atoms with Crippen molar-refractivity contribution < 1.29 is 13.7 Å². The first kappa shape index (κ1) is 22.1. The van der Waals surface area contributed by atoms with Gasteiger partial charge in [0, 0.05) is 32.3 Å². The maximum absolute atomic E-state index is 12.9. The maximum atomic E-state index is 12.9. The molecular weight excluding hydrogens is 410 g/mol. The Morgan fingerprint density at radius 3 is 2.81 bits per heavy atom. The Balaban J connectivity index is 1.53. The first-order chi connectivity index (χ1) is 15.1. The van der Waals surface area contributed by atoms with E-state index in [1.54, 1.807) is 6.26 Å². The average molecular weight is 442 g/mol. The number of carbonyl (C=O) groups excluding carboxylic acids is 1. The van der Waals surface area contributed by atoms with Crippen molar-refractivity contribution in [2.45, 2.75) is 43.7 Å². The number of ether oxygens (including phenoxy) is 1. The molecule has 0 radical (unpaired) electrons. The van der Waals surface area contributed by atoms with Gasteiger partial charge in [0.15, 0.2) is 10.9 Å². The number of benzene rings is 1. The normalized spacial score (nSPS) is 18.5. The van der Waals surface area contributed by atoms with E-state index in [-0.39, 0.29) is 5.78 Å². The van der Waals surface area contributed by atoms with Crippen LogP contribution in [0.25, 0.3) is 5.57 Å². The lowest BCUT2D eigenvalue weighted by Crippen LogP contribution is -2.37. The van der Waals surface area contributed by atoms with Gasteiger partial charge in [0.1, 0.15) is 5.69 Å². The quantitative estimate of drug-likeness (QED) is 0.636. The number of imidazole rings is 1. The van der Waals surface area contributed by atoms with E-state index >= 15 is 0 Å². The van der Waals surface area contributed by atoms with Crippen LogP contribution in [0.3, 0.4) is 0 Å². The fourth-order valence-electron chi connectivity index (χ4n) is 4.29. The Labute approximate surface area is 186 Å². The van der Waals surface area contributed by atoms with Crippen LogP contribution in [0.1, 0.15) is 52.9 Å². The van der Waals surface area contributed by atoms with Gasteiger partial charge in [-0.2, -0.15) is 0 Å². The van der Waals surface area contributed by atoms with Gasteiger partial charge in [-0.05, 0) is 54.4 Å². The summed E-state index contributed by atoms with van der Waals surface area (Å²) in [4.78, 5) is 22.3. The van der Waals surface area contributed by atoms with Crippen LogP contribution in [0.5, 0.6) is 0 Å². The van der Waals surface area contributed by atoms with E-state index in [0.717, 1.165) is 57.7 Å². The predicted molar refractivity (Wildman–Crippen MR) is 123 cm³/mol. The molecule has 6 nitrogen and oxygen atoms in total. The molecule has 7 heteroatoms. The van der Waals surface area contributed by atoms with Gasteiger partial charge >= 0.3 is 0 Å². The number of hydrogen-bond acceptors (Lipinski definition) is 5. The molecule has 1 aromatic carbocycles. The van der Waals surface area contributed by atoms with Gasteiger partial charge in [-0.3, -0.25) is 13.9 Å². The van der Waals surface area contributed by atoms with E-state index in [4.69, 9.17) is 4.74 Å². The molecule has 1 fully saturated rings. The third kappa shape index (κ3) is 5.79. The second kappa shape index (κ2) is 10.5. The highest BCUT2D eigenvalue weighted by atomic mass is 32.2. The van der Waals surface area contributed by atoms with Crippen molar-refractivity contribution in [3.8, 4) is 0 Å². The summed E-state index contributed by atoms with van der Waals surface area (Å²) in [6, 6.07) is 6.57. The number of rotatable bonds is 8. The lowest BCUT2D eigenvalue weighted by Gasteiger charge is -2.26. The topological polar surface area (TPSA) is 75.3 Å². The zero-order valence-electron chi connectivity index (χ0n) is 18.2. The number of aromatic nitrogens is 2. The Hall–Kier alpha value is -2.09. The molecule has 31 heavy (non-hydrogen) atoms. The molecular formula is C24H31N3O3S. The van der Waals surface area contributed by atoms with Gasteiger partial charge in [0.2, 0.25) is 0 Å². The van der Waals surface area contributed by atoms with Crippen molar-refractivity contribution in [2.24, 2.45) is 0 Å². The largest absolute Gasteiger partial charge is 0.379 e. The van der Waals surface area contributed by atoms with Crippen LogP contribution >= 0.6 is 0 Å². The van der Waals surface area contributed by atoms with Gasteiger partial charge in [-0.1, -0.05) is 24.3 Å². The molecule has 4 rings (SSSR count). The van der Waals surface area contributed by atoms with Crippen molar-refractivity contribution in [2.75, 3.05) is 39.1 Å². The summed E-state index contributed by atoms with van der Waals surface area (Å²) in [6.45, 7) is 4.67. The van der Waals surface area contributed by atoms with E-state index in [1.165, 1.54) is 35.7 Å². The Bertz CT molecular complexity index is 976. The lowest BCUT2D eigenvalue weighted by atomic mass is 9.87. The van der Waals surface area contributed by atoms with Crippen molar-refractivity contribution in [1.82, 2.24) is 14.9 Å². The minimum absolute atomic E-state index is 0.0251. The summed E-state index contributed by atoms with van der Waals surface area (Å²) in [6.07, 6.45) is 11.3. The zero-order chi connectivity index (χ0) is 21.6. The standard InChI is InChI=1S/C24H31N3O3S/c1-31(29)24-25-17-22(26-24)23(28)16-20-8-7-18(9-10-27-11-13-30-14-12-27)15-21(20)19-5-3-2-4-6-19/h5,7-8,15,17H,2-4,6,9-14,16H2,1H3,(H,25,26). The Kier molecular flexibility index (Phi) is 7.48. The number of nitrogens with zero attached hydrogens (tertiary/aromatic N) is 2. The number of carbonyl (C=O) groups is 1. The molecule has 2 heterocycles. The van der Waals surface area contributed by atoms with Crippen LogP contribution in [0.15, 0.2) is 35.6 Å².